The number of aliphatic carboxylic acids is 1. The molecule has 0 saturated carbocycles. The van der Waals surface area contributed by atoms with Gasteiger partial charge in [0.05, 0.1) is 29.5 Å². The van der Waals surface area contributed by atoms with E-state index in [9.17, 15) is 4.79 Å². The predicted molar refractivity (Wildman–Crippen MR) is 96.5 cm³/mol. The summed E-state index contributed by atoms with van der Waals surface area (Å²) in [5, 5.41) is 19.9. The first-order valence-electron chi connectivity index (χ1n) is 8.28. The minimum absolute atomic E-state index is 0.0650. The van der Waals surface area contributed by atoms with Crippen molar-refractivity contribution in [3.8, 4) is 0 Å². The van der Waals surface area contributed by atoms with Gasteiger partial charge in [-0.05, 0) is 31.5 Å². The van der Waals surface area contributed by atoms with Gasteiger partial charge in [0, 0.05) is 30.6 Å². The Bertz CT molecular complexity index is 805. The van der Waals surface area contributed by atoms with E-state index in [4.69, 9.17) is 10.5 Å². The lowest BCUT2D eigenvalue weighted by Gasteiger charge is -2.31. The lowest BCUT2D eigenvalue weighted by atomic mass is 10.1. The summed E-state index contributed by atoms with van der Waals surface area (Å²) >= 11 is 0. The van der Waals surface area contributed by atoms with Crippen molar-refractivity contribution in [1.29, 1.82) is 5.41 Å². The predicted octanol–water partition coefficient (Wildman–Crippen LogP) is 1.76. The van der Waals surface area contributed by atoms with Crippen LogP contribution < -0.4 is 5.32 Å². The van der Waals surface area contributed by atoms with Crippen LogP contribution in [-0.4, -0.2) is 57.8 Å². The first-order chi connectivity index (χ1) is 12.2. The fourth-order valence-corrected chi connectivity index (χ4v) is 3.02. The molecule has 1 aliphatic rings. The van der Waals surface area contributed by atoms with Gasteiger partial charge in [-0.25, -0.2) is 4.98 Å². The average Bonchev–Trinajstić information content (AvgIpc) is 2.62. The number of carboxylic acid groups (broad SMARTS) is 1. The van der Waals surface area contributed by atoms with Crippen LogP contribution in [0.15, 0.2) is 36.7 Å². The molecule has 0 bridgehead atoms. The first-order valence-corrected chi connectivity index (χ1v) is 8.28. The standard InChI is InChI=1S/C18H21N5O2/c19-8-13(17-10-21-15-5-1-2-6-16(15)22-17)9-20-14-4-3-7-23(11-14)12-18(24)25/h1-2,5-6,8-10,14,19-20H,3-4,7,11-12H2,(H,24,25)/b13-9+,19-8?. The Morgan fingerprint density at radius 1 is 1.40 bits per heavy atom. The van der Waals surface area contributed by atoms with E-state index in [1.54, 1.807) is 12.4 Å². The van der Waals surface area contributed by atoms with Gasteiger partial charge in [-0.1, -0.05) is 12.1 Å². The summed E-state index contributed by atoms with van der Waals surface area (Å²) in [7, 11) is 0. The highest BCUT2D eigenvalue weighted by Crippen LogP contribution is 2.15. The Balaban J connectivity index is 1.71. The zero-order chi connectivity index (χ0) is 17.6. The second-order valence-electron chi connectivity index (χ2n) is 6.12. The Morgan fingerprint density at radius 2 is 2.20 bits per heavy atom. The van der Waals surface area contributed by atoms with Crippen LogP contribution >= 0.6 is 0 Å². The van der Waals surface area contributed by atoms with Crippen molar-refractivity contribution in [1.82, 2.24) is 20.2 Å². The third kappa shape index (κ3) is 4.39. The molecule has 1 saturated heterocycles. The molecule has 1 aromatic heterocycles. The van der Waals surface area contributed by atoms with Crippen molar-refractivity contribution in [3.05, 3.63) is 42.4 Å². The molecule has 1 atom stereocenters. The number of piperidine rings is 1. The minimum atomic E-state index is -0.803. The van der Waals surface area contributed by atoms with E-state index in [1.165, 1.54) is 6.21 Å². The zero-order valence-electron chi connectivity index (χ0n) is 13.9. The van der Waals surface area contributed by atoms with E-state index in [1.807, 2.05) is 29.2 Å². The largest absolute Gasteiger partial charge is 0.480 e. The second kappa shape index (κ2) is 7.85. The number of carboxylic acids is 1. The number of rotatable bonds is 6. The normalized spacial score (nSPS) is 18.9. The molecule has 0 spiro atoms. The first kappa shape index (κ1) is 17.0. The van der Waals surface area contributed by atoms with Gasteiger partial charge >= 0.3 is 5.97 Å². The van der Waals surface area contributed by atoms with Crippen molar-refractivity contribution < 1.29 is 9.90 Å². The summed E-state index contributed by atoms with van der Waals surface area (Å²) < 4.78 is 0. The number of aromatic nitrogens is 2. The third-order valence-electron chi connectivity index (χ3n) is 4.24. The number of hydrogen-bond donors (Lipinski definition) is 3. The fourth-order valence-electron chi connectivity index (χ4n) is 3.02. The van der Waals surface area contributed by atoms with Crippen molar-refractivity contribution in [3.63, 3.8) is 0 Å². The zero-order valence-corrected chi connectivity index (χ0v) is 13.9. The maximum absolute atomic E-state index is 10.9. The van der Waals surface area contributed by atoms with Crippen LogP contribution in [0.4, 0.5) is 0 Å². The van der Waals surface area contributed by atoms with Gasteiger partial charge in [0.1, 0.15) is 0 Å². The summed E-state index contributed by atoms with van der Waals surface area (Å²) in [4.78, 5) is 21.7. The van der Waals surface area contributed by atoms with Gasteiger partial charge in [0.2, 0.25) is 0 Å². The van der Waals surface area contributed by atoms with Crippen molar-refractivity contribution >= 4 is 28.8 Å². The number of fused-ring (bicyclic) bond motifs is 1. The molecule has 0 amide bonds. The minimum Gasteiger partial charge on any atom is -0.480 e. The number of carbonyl (C=O) groups is 1. The monoisotopic (exact) mass is 339 g/mol. The van der Waals surface area contributed by atoms with Crippen LogP contribution in [0, 0.1) is 5.41 Å². The van der Waals surface area contributed by atoms with Crippen molar-refractivity contribution in [2.24, 2.45) is 0 Å². The quantitative estimate of drug-likeness (QED) is 0.693. The van der Waals surface area contributed by atoms with Gasteiger partial charge in [0.15, 0.2) is 0 Å². The molecule has 1 aromatic carbocycles. The number of para-hydroxylation sites is 2. The van der Waals surface area contributed by atoms with Crippen LogP contribution in [0.3, 0.4) is 0 Å². The molecule has 3 N–H and O–H groups in total. The van der Waals surface area contributed by atoms with Gasteiger partial charge in [0.25, 0.3) is 0 Å². The summed E-state index contributed by atoms with van der Waals surface area (Å²) in [6.45, 7) is 1.55. The number of likely N-dealkylation sites (tertiary alicyclic amines) is 1. The highest BCUT2D eigenvalue weighted by Gasteiger charge is 2.20. The number of benzene rings is 1. The molecule has 2 heterocycles. The Morgan fingerprint density at radius 3 is 2.96 bits per heavy atom. The number of nitrogens with zero attached hydrogens (tertiary/aromatic N) is 3. The van der Waals surface area contributed by atoms with Crippen LogP contribution in [-0.2, 0) is 4.79 Å². The highest BCUT2D eigenvalue weighted by molar-refractivity contribution is 6.07. The molecule has 0 radical (unpaired) electrons. The van der Waals surface area contributed by atoms with E-state index in [2.05, 4.69) is 15.3 Å². The topological polar surface area (TPSA) is 102 Å². The molecule has 1 unspecified atom stereocenters. The van der Waals surface area contributed by atoms with E-state index >= 15 is 0 Å². The van der Waals surface area contributed by atoms with Crippen LogP contribution in [0.25, 0.3) is 16.6 Å². The highest BCUT2D eigenvalue weighted by atomic mass is 16.4. The molecular formula is C18H21N5O2. The Hall–Kier alpha value is -2.80. The molecule has 0 aliphatic carbocycles. The number of allylic oxidation sites excluding steroid dienone is 1. The van der Waals surface area contributed by atoms with Crippen molar-refractivity contribution in [2.45, 2.75) is 18.9 Å². The molecule has 1 aliphatic heterocycles. The Labute approximate surface area is 145 Å². The summed E-state index contributed by atoms with van der Waals surface area (Å²) in [5.74, 6) is -0.803. The van der Waals surface area contributed by atoms with Gasteiger partial charge in [-0.2, -0.15) is 0 Å². The summed E-state index contributed by atoms with van der Waals surface area (Å²) in [6.07, 6.45) is 6.62. The lowest BCUT2D eigenvalue weighted by molar-refractivity contribution is -0.138. The molecule has 7 heteroatoms. The van der Waals surface area contributed by atoms with E-state index in [-0.39, 0.29) is 12.6 Å². The smallest absolute Gasteiger partial charge is 0.317 e. The van der Waals surface area contributed by atoms with Gasteiger partial charge in [-0.15, -0.1) is 0 Å². The lowest BCUT2D eigenvalue weighted by Crippen LogP contribution is -2.45. The van der Waals surface area contributed by atoms with Crippen LogP contribution in [0.1, 0.15) is 18.5 Å². The maximum atomic E-state index is 10.9. The summed E-state index contributed by atoms with van der Waals surface area (Å²) in [5.41, 5.74) is 2.89. The van der Waals surface area contributed by atoms with Crippen LogP contribution in [0.2, 0.25) is 0 Å². The fraction of sp³-hybridized carbons (Fsp3) is 0.333. The molecule has 7 nitrogen and oxygen atoms in total. The van der Waals surface area contributed by atoms with Gasteiger partial charge in [-0.3, -0.25) is 14.7 Å². The van der Waals surface area contributed by atoms with Crippen LogP contribution in [0.5, 0.6) is 0 Å². The molecule has 3 rings (SSSR count). The van der Waals surface area contributed by atoms with Gasteiger partial charge < -0.3 is 15.8 Å². The summed E-state index contributed by atoms with van der Waals surface area (Å²) in [6, 6.07) is 7.78. The molecule has 2 aromatic rings. The SMILES string of the molecule is N=C/C(=C\NC1CCCN(CC(=O)O)C1)c1cnc2ccccc2n1. The van der Waals surface area contributed by atoms with E-state index < -0.39 is 5.97 Å². The second-order valence-corrected chi connectivity index (χ2v) is 6.12. The molecule has 130 valence electrons. The number of hydrogen-bond acceptors (Lipinski definition) is 6. The maximum Gasteiger partial charge on any atom is 0.317 e. The third-order valence-corrected chi connectivity index (χ3v) is 4.24. The molecular weight excluding hydrogens is 318 g/mol. The molecule has 1 fully saturated rings. The average molecular weight is 339 g/mol. The number of nitrogens with one attached hydrogen (secondary N) is 2. The van der Waals surface area contributed by atoms with Crippen molar-refractivity contribution in [2.75, 3.05) is 19.6 Å². The molecule has 25 heavy (non-hydrogen) atoms. The Kier molecular flexibility index (Phi) is 5.35. The van der Waals surface area contributed by atoms with E-state index in [0.717, 1.165) is 30.4 Å². The van der Waals surface area contributed by atoms with E-state index in [0.29, 0.717) is 17.8 Å².